The molecule has 0 radical (unpaired) electrons. The Morgan fingerprint density at radius 2 is 1.73 bits per heavy atom. The van der Waals surface area contributed by atoms with Crippen LogP contribution in [0.1, 0.15) is 13.8 Å². The van der Waals surface area contributed by atoms with Crippen LogP contribution in [0.25, 0.3) is 0 Å². The Labute approximate surface area is 69.7 Å². The number of nitrogens with zero attached hydrogens (tertiary/aromatic N) is 1. The van der Waals surface area contributed by atoms with E-state index < -0.39 is 0 Å². The largest absolute Gasteiger partial charge is 0.378 e. The van der Waals surface area contributed by atoms with Crippen LogP contribution in [0.2, 0.25) is 0 Å². The molecule has 11 heavy (non-hydrogen) atoms. The van der Waals surface area contributed by atoms with Gasteiger partial charge in [-0.1, -0.05) is 18.2 Å². The summed E-state index contributed by atoms with van der Waals surface area (Å²) >= 11 is 0. The van der Waals surface area contributed by atoms with Crippen LogP contribution < -0.4 is 0 Å². The first-order chi connectivity index (χ1) is 5.07. The van der Waals surface area contributed by atoms with Crippen molar-refractivity contribution >= 4 is 0 Å². The molecule has 0 saturated heterocycles. The number of allylic oxidation sites excluding steroid dienone is 4. The predicted molar refractivity (Wildman–Crippen MR) is 51.4 cm³/mol. The summed E-state index contributed by atoms with van der Waals surface area (Å²) in [5.41, 5.74) is 2.43. The maximum atomic E-state index is 3.72. The van der Waals surface area contributed by atoms with E-state index in [4.69, 9.17) is 0 Å². The molecule has 62 valence electrons. The molecule has 0 atom stereocenters. The summed E-state index contributed by atoms with van der Waals surface area (Å²) < 4.78 is 0. The van der Waals surface area contributed by atoms with Crippen molar-refractivity contribution in [3.8, 4) is 0 Å². The maximum Gasteiger partial charge on any atom is 0.0355 e. The fraction of sp³-hybridized carbons (Fsp3) is 0.400. The molecule has 0 saturated carbocycles. The minimum atomic E-state index is 1.13. The smallest absolute Gasteiger partial charge is 0.0355 e. The topological polar surface area (TPSA) is 3.24 Å². The molecule has 0 aromatic heterocycles. The van der Waals surface area contributed by atoms with E-state index in [1.54, 1.807) is 0 Å². The average Bonchev–Trinajstić information content (AvgIpc) is 1.87. The third-order valence-corrected chi connectivity index (χ3v) is 1.31. The van der Waals surface area contributed by atoms with E-state index in [1.807, 2.05) is 25.1 Å². The SMILES string of the molecule is C=CC(=CC=C(C)C)N(C)C. The molecule has 0 aliphatic heterocycles. The minimum Gasteiger partial charge on any atom is -0.378 e. The van der Waals surface area contributed by atoms with Gasteiger partial charge >= 0.3 is 0 Å². The van der Waals surface area contributed by atoms with Gasteiger partial charge in [-0.25, -0.2) is 0 Å². The molecule has 0 bridgehead atoms. The summed E-state index contributed by atoms with van der Waals surface area (Å²) in [6.07, 6.45) is 5.98. The molecule has 0 aliphatic rings. The van der Waals surface area contributed by atoms with Crippen LogP contribution in [-0.2, 0) is 0 Å². The molecule has 1 heteroatoms. The minimum absolute atomic E-state index is 1.13. The highest BCUT2D eigenvalue weighted by molar-refractivity contribution is 5.21. The maximum absolute atomic E-state index is 3.72. The lowest BCUT2D eigenvalue weighted by atomic mass is 10.3. The first-order valence-corrected chi connectivity index (χ1v) is 3.73. The summed E-state index contributed by atoms with van der Waals surface area (Å²) in [5.74, 6) is 0. The fourth-order valence-electron chi connectivity index (χ4n) is 0.652. The van der Waals surface area contributed by atoms with Gasteiger partial charge in [0.15, 0.2) is 0 Å². The number of hydrogen-bond acceptors (Lipinski definition) is 1. The molecule has 0 rings (SSSR count). The molecule has 0 aromatic carbocycles. The van der Waals surface area contributed by atoms with Gasteiger partial charge in [0.2, 0.25) is 0 Å². The Morgan fingerprint density at radius 1 is 1.18 bits per heavy atom. The first kappa shape index (κ1) is 10.0. The Kier molecular flexibility index (Phi) is 4.35. The van der Waals surface area contributed by atoms with Crippen molar-refractivity contribution in [2.45, 2.75) is 13.8 Å². The standard InChI is InChI=1S/C10H17N/c1-6-10(11(4)5)8-7-9(2)3/h6-8H,1H2,2-5H3. The van der Waals surface area contributed by atoms with Crippen LogP contribution in [0.5, 0.6) is 0 Å². The third kappa shape index (κ3) is 4.43. The highest BCUT2D eigenvalue weighted by atomic mass is 15.1. The molecule has 0 fully saturated rings. The van der Waals surface area contributed by atoms with Gasteiger partial charge in [-0.15, -0.1) is 0 Å². The molecule has 0 unspecified atom stereocenters. The van der Waals surface area contributed by atoms with E-state index in [9.17, 15) is 0 Å². The molecule has 0 N–H and O–H groups in total. The molecular formula is C10H17N. The van der Waals surface area contributed by atoms with Gasteiger partial charge in [0, 0.05) is 19.8 Å². The van der Waals surface area contributed by atoms with Crippen molar-refractivity contribution in [3.05, 3.63) is 36.1 Å². The zero-order valence-corrected chi connectivity index (χ0v) is 7.89. The van der Waals surface area contributed by atoms with Gasteiger partial charge in [0.25, 0.3) is 0 Å². The quantitative estimate of drug-likeness (QED) is 0.560. The van der Waals surface area contributed by atoms with E-state index >= 15 is 0 Å². The van der Waals surface area contributed by atoms with Gasteiger partial charge in [0.1, 0.15) is 0 Å². The van der Waals surface area contributed by atoms with Crippen molar-refractivity contribution in [3.63, 3.8) is 0 Å². The summed E-state index contributed by atoms with van der Waals surface area (Å²) in [6, 6.07) is 0. The van der Waals surface area contributed by atoms with Crippen molar-refractivity contribution < 1.29 is 0 Å². The van der Waals surface area contributed by atoms with E-state index in [1.165, 1.54) is 5.57 Å². The molecule has 1 nitrogen and oxygen atoms in total. The zero-order valence-electron chi connectivity index (χ0n) is 7.89. The highest BCUT2D eigenvalue weighted by Gasteiger charge is 1.89. The van der Waals surface area contributed by atoms with Gasteiger partial charge < -0.3 is 4.90 Å². The molecular weight excluding hydrogens is 134 g/mol. The normalized spacial score (nSPS) is 10.7. The number of rotatable bonds is 3. The van der Waals surface area contributed by atoms with E-state index in [2.05, 4.69) is 32.6 Å². The Morgan fingerprint density at radius 3 is 2.00 bits per heavy atom. The second kappa shape index (κ2) is 4.78. The predicted octanol–water partition coefficient (Wildman–Crippen LogP) is 2.58. The van der Waals surface area contributed by atoms with E-state index in [0.717, 1.165) is 5.70 Å². The summed E-state index contributed by atoms with van der Waals surface area (Å²) in [5, 5.41) is 0. The lowest BCUT2D eigenvalue weighted by Crippen LogP contribution is -2.08. The van der Waals surface area contributed by atoms with Crippen molar-refractivity contribution in [1.82, 2.24) is 4.90 Å². The molecule has 0 heterocycles. The van der Waals surface area contributed by atoms with Crippen LogP contribution in [0, 0.1) is 0 Å². The molecule has 0 aliphatic carbocycles. The van der Waals surface area contributed by atoms with Gasteiger partial charge in [-0.2, -0.15) is 0 Å². The van der Waals surface area contributed by atoms with Crippen molar-refractivity contribution in [2.75, 3.05) is 14.1 Å². The summed E-state index contributed by atoms with van der Waals surface area (Å²) in [4.78, 5) is 2.03. The molecule has 0 aromatic rings. The number of hydrogen-bond donors (Lipinski definition) is 0. The average molecular weight is 151 g/mol. The first-order valence-electron chi connectivity index (χ1n) is 3.73. The Bertz CT molecular complexity index is 181. The lowest BCUT2D eigenvalue weighted by Gasteiger charge is -2.11. The van der Waals surface area contributed by atoms with Crippen LogP contribution >= 0.6 is 0 Å². The Hall–Kier alpha value is -0.980. The second-order valence-electron chi connectivity index (χ2n) is 2.93. The monoisotopic (exact) mass is 151 g/mol. The zero-order chi connectivity index (χ0) is 8.85. The van der Waals surface area contributed by atoms with Crippen molar-refractivity contribution in [2.24, 2.45) is 0 Å². The van der Waals surface area contributed by atoms with E-state index in [0.29, 0.717) is 0 Å². The van der Waals surface area contributed by atoms with Gasteiger partial charge in [-0.3, -0.25) is 0 Å². The van der Waals surface area contributed by atoms with Gasteiger partial charge in [-0.05, 0) is 26.0 Å². The van der Waals surface area contributed by atoms with Crippen molar-refractivity contribution in [1.29, 1.82) is 0 Å². The summed E-state index contributed by atoms with van der Waals surface area (Å²) in [6.45, 7) is 7.87. The van der Waals surface area contributed by atoms with Crippen LogP contribution in [0.4, 0.5) is 0 Å². The number of likely N-dealkylation sites (N-methyl/N-ethyl adjacent to an activating group) is 1. The fourth-order valence-corrected chi connectivity index (χ4v) is 0.652. The van der Waals surface area contributed by atoms with Crippen LogP contribution in [-0.4, -0.2) is 19.0 Å². The second-order valence-corrected chi connectivity index (χ2v) is 2.93. The Balaban J connectivity index is 4.36. The van der Waals surface area contributed by atoms with Gasteiger partial charge in [0.05, 0.1) is 0 Å². The molecule has 0 spiro atoms. The summed E-state index contributed by atoms with van der Waals surface area (Å²) in [7, 11) is 4.01. The van der Waals surface area contributed by atoms with Crippen LogP contribution in [0.15, 0.2) is 36.1 Å². The highest BCUT2D eigenvalue weighted by Crippen LogP contribution is 2.00. The molecule has 0 amide bonds. The third-order valence-electron chi connectivity index (χ3n) is 1.31. The van der Waals surface area contributed by atoms with E-state index in [-0.39, 0.29) is 0 Å². The lowest BCUT2D eigenvalue weighted by molar-refractivity contribution is 0.530. The van der Waals surface area contributed by atoms with Crippen LogP contribution in [0.3, 0.4) is 0 Å².